The van der Waals surface area contributed by atoms with E-state index in [4.69, 9.17) is 10.5 Å². The lowest BCUT2D eigenvalue weighted by Crippen LogP contribution is -2.36. The van der Waals surface area contributed by atoms with Gasteiger partial charge in [-0.2, -0.15) is 0 Å². The van der Waals surface area contributed by atoms with Crippen LogP contribution in [-0.4, -0.2) is 43.3 Å². The van der Waals surface area contributed by atoms with Crippen LogP contribution in [0.2, 0.25) is 0 Å². The Morgan fingerprint density at radius 2 is 2.19 bits per heavy atom. The van der Waals surface area contributed by atoms with E-state index in [2.05, 4.69) is 11.8 Å². The van der Waals surface area contributed by atoms with Crippen LogP contribution in [0, 0.1) is 0 Å². The third kappa shape index (κ3) is 4.81. The molecule has 0 aromatic rings. The standard InChI is InChI=1S/C13H28N2O/c1-3-16-13(11-14)8-10-15-9-6-4-5-7-12(15)2/h12-13H,3-11,14H2,1-2H3. The van der Waals surface area contributed by atoms with Crippen molar-refractivity contribution in [3.63, 3.8) is 0 Å². The molecule has 1 heterocycles. The Bertz CT molecular complexity index is 175. The molecule has 0 aromatic carbocycles. The minimum Gasteiger partial charge on any atom is -0.377 e. The fourth-order valence-corrected chi connectivity index (χ4v) is 2.48. The van der Waals surface area contributed by atoms with Gasteiger partial charge in [-0.05, 0) is 39.7 Å². The number of ether oxygens (including phenoxy) is 1. The second-order valence-corrected chi connectivity index (χ2v) is 4.84. The van der Waals surface area contributed by atoms with Crippen LogP contribution in [0.3, 0.4) is 0 Å². The first kappa shape index (κ1) is 13.9. The Labute approximate surface area is 100 Å². The molecule has 1 aliphatic rings. The van der Waals surface area contributed by atoms with Crippen LogP contribution in [0.25, 0.3) is 0 Å². The zero-order valence-electron chi connectivity index (χ0n) is 11.0. The van der Waals surface area contributed by atoms with E-state index in [1.165, 1.54) is 32.2 Å². The highest BCUT2D eigenvalue weighted by atomic mass is 16.5. The highest BCUT2D eigenvalue weighted by molar-refractivity contribution is 4.73. The minimum absolute atomic E-state index is 0.250. The summed E-state index contributed by atoms with van der Waals surface area (Å²) in [5.41, 5.74) is 5.70. The van der Waals surface area contributed by atoms with E-state index in [1.54, 1.807) is 0 Å². The molecule has 2 atom stereocenters. The van der Waals surface area contributed by atoms with Gasteiger partial charge in [0.1, 0.15) is 0 Å². The van der Waals surface area contributed by atoms with Crippen LogP contribution in [0.4, 0.5) is 0 Å². The van der Waals surface area contributed by atoms with Gasteiger partial charge in [-0.1, -0.05) is 12.8 Å². The van der Waals surface area contributed by atoms with Crippen molar-refractivity contribution in [2.75, 3.05) is 26.2 Å². The monoisotopic (exact) mass is 228 g/mol. The van der Waals surface area contributed by atoms with Gasteiger partial charge in [-0.15, -0.1) is 0 Å². The zero-order chi connectivity index (χ0) is 11.8. The molecule has 1 saturated heterocycles. The van der Waals surface area contributed by atoms with E-state index in [0.29, 0.717) is 6.54 Å². The summed E-state index contributed by atoms with van der Waals surface area (Å²) in [4.78, 5) is 2.61. The Hall–Kier alpha value is -0.120. The summed E-state index contributed by atoms with van der Waals surface area (Å²) in [5.74, 6) is 0. The summed E-state index contributed by atoms with van der Waals surface area (Å²) in [6.45, 7) is 8.21. The molecule has 2 N–H and O–H groups in total. The summed E-state index contributed by atoms with van der Waals surface area (Å²) >= 11 is 0. The van der Waals surface area contributed by atoms with Crippen LogP contribution in [0.15, 0.2) is 0 Å². The molecule has 1 fully saturated rings. The summed E-state index contributed by atoms with van der Waals surface area (Å²) in [6.07, 6.45) is 6.82. The second kappa shape index (κ2) is 8.04. The van der Waals surface area contributed by atoms with Crippen molar-refractivity contribution in [3.8, 4) is 0 Å². The first-order chi connectivity index (χ1) is 7.77. The van der Waals surface area contributed by atoms with Gasteiger partial charge < -0.3 is 15.4 Å². The third-order valence-electron chi connectivity index (χ3n) is 3.59. The minimum atomic E-state index is 0.250. The number of hydrogen-bond donors (Lipinski definition) is 1. The summed E-state index contributed by atoms with van der Waals surface area (Å²) in [5, 5.41) is 0. The molecule has 16 heavy (non-hydrogen) atoms. The lowest BCUT2D eigenvalue weighted by atomic mass is 10.1. The molecule has 1 aliphatic heterocycles. The fraction of sp³-hybridized carbons (Fsp3) is 1.00. The normalized spacial score (nSPS) is 25.3. The molecule has 0 bridgehead atoms. The molecule has 1 rings (SSSR count). The van der Waals surface area contributed by atoms with Crippen LogP contribution in [0.5, 0.6) is 0 Å². The van der Waals surface area contributed by atoms with Gasteiger partial charge in [0, 0.05) is 25.7 Å². The first-order valence-corrected chi connectivity index (χ1v) is 6.83. The predicted molar refractivity (Wildman–Crippen MR) is 68.6 cm³/mol. The van der Waals surface area contributed by atoms with E-state index in [-0.39, 0.29) is 6.10 Å². The average molecular weight is 228 g/mol. The molecule has 0 spiro atoms. The van der Waals surface area contributed by atoms with Gasteiger partial charge in [0.2, 0.25) is 0 Å². The molecule has 0 saturated carbocycles. The van der Waals surface area contributed by atoms with Crippen molar-refractivity contribution in [2.24, 2.45) is 5.73 Å². The fourth-order valence-electron chi connectivity index (χ4n) is 2.48. The Kier molecular flexibility index (Phi) is 7.01. The molecule has 0 aliphatic carbocycles. The SMILES string of the molecule is CCOC(CN)CCN1CCCCCC1C. The van der Waals surface area contributed by atoms with Crippen molar-refractivity contribution >= 4 is 0 Å². The van der Waals surface area contributed by atoms with Crippen LogP contribution in [0.1, 0.15) is 46.0 Å². The van der Waals surface area contributed by atoms with Gasteiger partial charge in [0.05, 0.1) is 6.10 Å². The molecule has 0 aromatic heterocycles. The summed E-state index contributed by atoms with van der Waals surface area (Å²) in [7, 11) is 0. The van der Waals surface area contributed by atoms with E-state index in [9.17, 15) is 0 Å². The number of rotatable bonds is 6. The van der Waals surface area contributed by atoms with Gasteiger partial charge in [0.25, 0.3) is 0 Å². The van der Waals surface area contributed by atoms with Gasteiger partial charge in [-0.3, -0.25) is 0 Å². The van der Waals surface area contributed by atoms with Gasteiger partial charge >= 0.3 is 0 Å². The molecular formula is C13H28N2O. The van der Waals surface area contributed by atoms with E-state index in [1.807, 2.05) is 6.92 Å². The molecule has 96 valence electrons. The average Bonchev–Trinajstić information content (AvgIpc) is 2.49. The van der Waals surface area contributed by atoms with Crippen molar-refractivity contribution in [2.45, 2.75) is 58.1 Å². The van der Waals surface area contributed by atoms with Crippen molar-refractivity contribution in [3.05, 3.63) is 0 Å². The lowest BCUT2D eigenvalue weighted by Gasteiger charge is -2.28. The quantitative estimate of drug-likeness (QED) is 0.756. The van der Waals surface area contributed by atoms with E-state index < -0.39 is 0 Å². The second-order valence-electron chi connectivity index (χ2n) is 4.84. The van der Waals surface area contributed by atoms with Gasteiger partial charge in [0.15, 0.2) is 0 Å². The molecule has 3 nitrogen and oxygen atoms in total. The Balaban J connectivity index is 2.27. The Morgan fingerprint density at radius 3 is 2.88 bits per heavy atom. The number of nitrogens with zero attached hydrogens (tertiary/aromatic N) is 1. The van der Waals surface area contributed by atoms with Crippen LogP contribution in [-0.2, 0) is 4.74 Å². The number of nitrogens with two attached hydrogens (primary N) is 1. The maximum Gasteiger partial charge on any atom is 0.0709 e. The predicted octanol–water partition coefficient (Wildman–Crippen LogP) is 2.00. The number of likely N-dealkylation sites (tertiary alicyclic amines) is 1. The van der Waals surface area contributed by atoms with Crippen LogP contribution < -0.4 is 5.73 Å². The van der Waals surface area contributed by atoms with E-state index >= 15 is 0 Å². The smallest absolute Gasteiger partial charge is 0.0709 e. The van der Waals surface area contributed by atoms with E-state index in [0.717, 1.165) is 25.6 Å². The first-order valence-electron chi connectivity index (χ1n) is 6.83. The maximum atomic E-state index is 5.70. The Morgan fingerprint density at radius 1 is 1.38 bits per heavy atom. The third-order valence-corrected chi connectivity index (χ3v) is 3.59. The molecule has 3 heteroatoms. The lowest BCUT2D eigenvalue weighted by molar-refractivity contribution is 0.0508. The van der Waals surface area contributed by atoms with Crippen molar-refractivity contribution in [1.82, 2.24) is 4.90 Å². The highest BCUT2D eigenvalue weighted by Crippen LogP contribution is 2.16. The summed E-state index contributed by atoms with van der Waals surface area (Å²) < 4.78 is 5.60. The zero-order valence-corrected chi connectivity index (χ0v) is 11.0. The molecule has 2 unspecified atom stereocenters. The molecule has 0 amide bonds. The molecule has 0 radical (unpaired) electrons. The largest absolute Gasteiger partial charge is 0.377 e. The summed E-state index contributed by atoms with van der Waals surface area (Å²) in [6, 6.07) is 0.738. The van der Waals surface area contributed by atoms with Crippen LogP contribution >= 0.6 is 0 Å². The van der Waals surface area contributed by atoms with Crippen molar-refractivity contribution in [1.29, 1.82) is 0 Å². The van der Waals surface area contributed by atoms with Crippen molar-refractivity contribution < 1.29 is 4.74 Å². The van der Waals surface area contributed by atoms with Gasteiger partial charge in [-0.25, -0.2) is 0 Å². The molecular weight excluding hydrogens is 200 g/mol. The number of hydrogen-bond acceptors (Lipinski definition) is 3. The maximum absolute atomic E-state index is 5.70. The highest BCUT2D eigenvalue weighted by Gasteiger charge is 2.17. The topological polar surface area (TPSA) is 38.5 Å².